The van der Waals surface area contributed by atoms with Gasteiger partial charge in [0.05, 0.1) is 60.8 Å². The average Bonchev–Trinajstić information content (AvgIpc) is 3.49. The van der Waals surface area contributed by atoms with Crippen LogP contribution < -0.4 is 10.6 Å². The van der Waals surface area contributed by atoms with E-state index < -0.39 is 0 Å². The van der Waals surface area contributed by atoms with Crippen molar-refractivity contribution in [3.63, 3.8) is 0 Å². The fourth-order valence-electron chi connectivity index (χ4n) is 2.81. The van der Waals surface area contributed by atoms with Gasteiger partial charge in [0.1, 0.15) is 0 Å². The summed E-state index contributed by atoms with van der Waals surface area (Å²) in [7, 11) is 0. The molecule has 2 N–H and O–H groups in total. The Kier molecular flexibility index (Phi) is 6.00. The van der Waals surface area contributed by atoms with Crippen molar-refractivity contribution in [2.24, 2.45) is 0 Å². The van der Waals surface area contributed by atoms with Crippen molar-refractivity contribution >= 4 is 23.2 Å². The quantitative estimate of drug-likeness (QED) is 0.316. The van der Waals surface area contributed by atoms with Gasteiger partial charge in [-0.3, -0.25) is 10.00 Å². The number of ether oxygens (including phenoxy) is 1. The molecular formula is C20H20ClN7O. The second-order valence-corrected chi connectivity index (χ2v) is 7.14. The molecule has 4 rings (SSSR count). The van der Waals surface area contributed by atoms with Gasteiger partial charge in [0, 0.05) is 11.8 Å². The van der Waals surface area contributed by atoms with Gasteiger partial charge in [0.2, 0.25) is 5.95 Å². The molecule has 1 saturated carbocycles. The van der Waals surface area contributed by atoms with Crippen LogP contribution in [0.2, 0.25) is 5.02 Å². The highest BCUT2D eigenvalue weighted by Gasteiger charge is 2.24. The molecule has 1 aliphatic carbocycles. The van der Waals surface area contributed by atoms with Gasteiger partial charge in [-0.15, -0.1) is 0 Å². The molecule has 9 heteroatoms. The van der Waals surface area contributed by atoms with Crippen LogP contribution in [0.25, 0.3) is 11.3 Å². The lowest BCUT2D eigenvalue weighted by molar-refractivity contribution is 0.106. The topological polar surface area (TPSA) is 101 Å². The molecule has 148 valence electrons. The van der Waals surface area contributed by atoms with Gasteiger partial charge in [-0.1, -0.05) is 35.9 Å². The van der Waals surface area contributed by atoms with Crippen LogP contribution in [0.4, 0.5) is 11.6 Å². The predicted octanol–water partition coefficient (Wildman–Crippen LogP) is 3.66. The van der Waals surface area contributed by atoms with Crippen LogP contribution in [0.5, 0.6) is 0 Å². The first-order valence-corrected chi connectivity index (χ1v) is 9.69. The van der Waals surface area contributed by atoms with Crippen LogP contribution >= 0.6 is 11.6 Å². The first kappa shape index (κ1) is 19.3. The largest absolute Gasteiger partial charge is 0.362 e. The van der Waals surface area contributed by atoms with Crippen molar-refractivity contribution in [2.75, 3.05) is 18.6 Å². The number of aromatic nitrogens is 4. The normalized spacial score (nSPS) is 13.2. The molecule has 2 heterocycles. The summed E-state index contributed by atoms with van der Waals surface area (Å²) in [5, 5.41) is 19.4. The standard InChI is InChI=1S/C20H20ClN7O/c21-18-10-24-20(26-16-9-25-28(11-16)17-5-6-17)27-19(18)15-3-1-14(2-4-15)12-29-13-23-8-7-22/h1-4,9-11,17,23H,5-6,8,12-13H2,(H,24,26,27). The summed E-state index contributed by atoms with van der Waals surface area (Å²) in [6.07, 6.45) is 7.70. The van der Waals surface area contributed by atoms with E-state index in [1.54, 1.807) is 12.4 Å². The number of benzene rings is 1. The summed E-state index contributed by atoms with van der Waals surface area (Å²) in [4.78, 5) is 8.84. The maximum atomic E-state index is 8.47. The highest BCUT2D eigenvalue weighted by Crippen LogP contribution is 2.35. The Bertz CT molecular complexity index is 1010. The van der Waals surface area contributed by atoms with E-state index in [1.807, 2.05) is 41.2 Å². The second kappa shape index (κ2) is 9.01. The molecule has 0 unspecified atom stereocenters. The number of halogens is 1. The van der Waals surface area contributed by atoms with Crippen molar-refractivity contribution in [2.45, 2.75) is 25.5 Å². The van der Waals surface area contributed by atoms with Crippen LogP contribution in [0, 0.1) is 11.3 Å². The zero-order valence-corrected chi connectivity index (χ0v) is 16.4. The Morgan fingerprint density at radius 2 is 2.07 bits per heavy atom. The smallest absolute Gasteiger partial charge is 0.227 e. The molecule has 3 aromatic rings. The van der Waals surface area contributed by atoms with Crippen molar-refractivity contribution in [1.82, 2.24) is 25.1 Å². The lowest BCUT2D eigenvalue weighted by atomic mass is 10.1. The highest BCUT2D eigenvalue weighted by molar-refractivity contribution is 6.32. The molecule has 1 fully saturated rings. The van der Waals surface area contributed by atoms with E-state index >= 15 is 0 Å². The number of nitrogens with one attached hydrogen (secondary N) is 2. The lowest BCUT2D eigenvalue weighted by Gasteiger charge is -2.08. The Balaban J connectivity index is 1.42. The summed E-state index contributed by atoms with van der Waals surface area (Å²) < 4.78 is 7.44. The third-order valence-corrected chi connectivity index (χ3v) is 4.70. The minimum absolute atomic E-state index is 0.267. The van der Waals surface area contributed by atoms with E-state index in [9.17, 15) is 0 Å². The predicted molar refractivity (Wildman–Crippen MR) is 110 cm³/mol. The third-order valence-electron chi connectivity index (χ3n) is 4.43. The van der Waals surface area contributed by atoms with Crippen molar-refractivity contribution in [1.29, 1.82) is 5.26 Å². The molecule has 0 saturated heterocycles. The minimum Gasteiger partial charge on any atom is -0.362 e. The molecule has 0 bridgehead atoms. The van der Waals surface area contributed by atoms with Crippen LogP contribution in [-0.2, 0) is 11.3 Å². The van der Waals surface area contributed by atoms with E-state index in [0.29, 0.717) is 36.0 Å². The molecule has 0 radical (unpaired) electrons. The average molecular weight is 410 g/mol. The molecule has 1 aromatic carbocycles. The SMILES string of the molecule is N#CCNCOCc1ccc(-c2nc(Nc3cnn(C4CC4)c3)ncc2Cl)cc1. The van der Waals surface area contributed by atoms with E-state index in [-0.39, 0.29) is 6.54 Å². The molecule has 2 aromatic heterocycles. The zero-order chi connectivity index (χ0) is 20.1. The second-order valence-electron chi connectivity index (χ2n) is 6.73. The summed E-state index contributed by atoms with van der Waals surface area (Å²) in [6.45, 7) is 1.05. The third kappa shape index (κ3) is 5.09. The van der Waals surface area contributed by atoms with Gasteiger partial charge in [0.15, 0.2) is 0 Å². The van der Waals surface area contributed by atoms with Crippen LogP contribution in [0.3, 0.4) is 0 Å². The number of rotatable bonds is 9. The number of anilines is 2. The number of nitrogens with zero attached hydrogens (tertiary/aromatic N) is 5. The van der Waals surface area contributed by atoms with Gasteiger partial charge >= 0.3 is 0 Å². The minimum atomic E-state index is 0.267. The molecule has 1 aliphatic rings. The number of hydrogen-bond donors (Lipinski definition) is 2. The summed E-state index contributed by atoms with van der Waals surface area (Å²) >= 11 is 6.33. The van der Waals surface area contributed by atoms with E-state index in [2.05, 4.69) is 25.7 Å². The molecule has 0 aliphatic heterocycles. The lowest BCUT2D eigenvalue weighted by Crippen LogP contribution is -2.17. The molecule has 8 nitrogen and oxygen atoms in total. The van der Waals surface area contributed by atoms with Crippen LogP contribution in [-0.4, -0.2) is 33.0 Å². The van der Waals surface area contributed by atoms with Gasteiger partial charge in [-0.05, 0) is 18.4 Å². The Morgan fingerprint density at radius 3 is 2.83 bits per heavy atom. The fourth-order valence-corrected chi connectivity index (χ4v) is 3.01. The van der Waals surface area contributed by atoms with E-state index in [4.69, 9.17) is 21.6 Å². The summed E-state index contributed by atoms with van der Waals surface area (Å²) in [5.74, 6) is 0.468. The van der Waals surface area contributed by atoms with E-state index in [1.165, 1.54) is 12.8 Å². The zero-order valence-electron chi connectivity index (χ0n) is 15.7. The summed E-state index contributed by atoms with van der Waals surface area (Å²) in [5.41, 5.74) is 3.41. The highest BCUT2D eigenvalue weighted by atomic mass is 35.5. The molecule has 0 atom stereocenters. The van der Waals surface area contributed by atoms with Crippen molar-refractivity contribution in [3.05, 3.63) is 53.4 Å². The Hall–Kier alpha value is -2.99. The van der Waals surface area contributed by atoms with Crippen molar-refractivity contribution in [3.8, 4) is 17.3 Å². The monoisotopic (exact) mass is 409 g/mol. The molecule has 0 spiro atoms. The van der Waals surface area contributed by atoms with E-state index in [0.717, 1.165) is 16.8 Å². The maximum absolute atomic E-state index is 8.47. The molecular weight excluding hydrogens is 390 g/mol. The van der Waals surface area contributed by atoms with Crippen molar-refractivity contribution < 1.29 is 4.74 Å². The Morgan fingerprint density at radius 1 is 1.24 bits per heavy atom. The van der Waals surface area contributed by atoms with Gasteiger partial charge in [0.25, 0.3) is 0 Å². The van der Waals surface area contributed by atoms with Gasteiger partial charge in [-0.2, -0.15) is 10.4 Å². The van der Waals surface area contributed by atoms with Gasteiger partial charge in [-0.25, -0.2) is 9.97 Å². The fraction of sp³-hybridized carbons (Fsp3) is 0.300. The van der Waals surface area contributed by atoms with Crippen LogP contribution in [0.15, 0.2) is 42.9 Å². The van der Waals surface area contributed by atoms with Gasteiger partial charge < -0.3 is 10.1 Å². The maximum Gasteiger partial charge on any atom is 0.227 e. The molecule has 29 heavy (non-hydrogen) atoms. The Labute approximate surface area is 173 Å². The first-order chi connectivity index (χ1) is 14.2. The van der Waals surface area contributed by atoms with Crippen LogP contribution in [0.1, 0.15) is 24.4 Å². The number of hydrogen-bond acceptors (Lipinski definition) is 7. The summed E-state index contributed by atoms with van der Waals surface area (Å²) in [6, 6.07) is 10.3. The number of nitriles is 1. The molecule has 0 amide bonds. The first-order valence-electron chi connectivity index (χ1n) is 9.31.